The third kappa shape index (κ3) is 3.54. The molecule has 0 fully saturated rings. The van der Waals surface area contributed by atoms with Gasteiger partial charge in [-0.15, -0.1) is 0 Å². The number of nitrogens with one attached hydrogen (secondary N) is 2. The minimum absolute atomic E-state index is 0.154. The maximum atomic E-state index is 11.6. The molecule has 2 aromatic rings. The zero-order valence-electron chi connectivity index (χ0n) is 10.9. The molecule has 0 saturated carbocycles. The van der Waals surface area contributed by atoms with Gasteiger partial charge in [-0.3, -0.25) is 5.32 Å². The lowest BCUT2D eigenvalue weighted by molar-refractivity contribution is 0.249. The number of amides is 2. The summed E-state index contributed by atoms with van der Waals surface area (Å²) in [7, 11) is 0. The first kappa shape index (κ1) is 13.1. The summed E-state index contributed by atoms with van der Waals surface area (Å²) in [6.45, 7) is 5.81. The van der Waals surface area contributed by atoms with Crippen LogP contribution in [0.1, 0.15) is 37.2 Å². The van der Waals surface area contributed by atoms with E-state index in [4.69, 9.17) is 9.05 Å². The fourth-order valence-electron chi connectivity index (χ4n) is 1.35. The average molecular weight is 265 g/mol. The van der Waals surface area contributed by atoms with Crippen LogP contribution in [0.25, 0.3) is 0 Å². The number of nitrogens with zero attached hydrogens (tertiary/aromatic N) is 3. The van der Waals surface area contributed by atoms with Crippen LogP contribution in [0.3, 0.4) is 0 Å². The van der Waals surface area contributed by atoms with E-state index in [1.807, 2.05) is 13.8 Å². The van der Waals surface area contributed by atoms with Gasteiger partial charge in [0.1, 0.15) is 5.76 Å². The molecule has 2 aromatic heterocycles. The van der Waals surface area contributed by atoms with Crippen molar-refractivity contribution < 1.29 is 13.8 Å². The second-order valence-electron chi connectivity index (χ2n) is 4.31. The largest absolute Gasteiger partial charge is 0.359 e. The van der Waals surface area contributed by atoms with Crippen molar-refractivity contribution in [3.8, 4) is 0 Å². The number of rotatable bonds is 4. The average Bonchev–Trinajstić information content (AvgIpc) is 2.96. The molecule has 0 bridgehead atoms. The van der Waals surface area contributed by atoms with Gasteiger partial charge in [-0.05, 0) is 6.92 Å². The van der Waals surface area contributed by atoms with E-state index in [9.17, 15) is 4.79 Å². The highest BCUT2D eigenvalue weighted by Crippen LogP contribution is 2.17. The zero-order chi connectivity index (χ0) is 13.8. The summed E-state index contributed by atoms with van der Waals surface area (Å²) in [6, 6.07) is 1.26. The van der Waals surface area contributed by atoms with Crippen molar-refractivity contribution >= 4 is 11.8 Å². The van der Waals surface area contributed by atoms with Gasteiger partial charge in [0.15, 0.2) is 11.6 Å². The lowest BCUT2D eigenvalue weighted by Crippen LogP contribution is -2.28. The van der Waals surface area contributed by atoms with E-state index >= 15 is 0 Å². The minimum atomic E-state index is -0.417. The molecular formula is C11H15N5O3. The summed E-state index contributed by atoms with van der Waals surface area (Å²) in [5.74, 6) is 2.16. The van der Waals surface area contributed by atoms with E-state index in [0.717, 1.165) is 0 Å². The fraction of sp³-hybridized carbons (Fsp3) is 0.455. The van der Waals surface area contributed by atoms with Crippen molar-refractivity contribution in [1.82, 2.24) is 20.6 Å². The van der Waals surface area contributed by atoms with Crippen LogP contribution in [0.5, 0.6) is 0 Å². The maximum Gasteiger partial charge on any atom is 0.320 e. The second kappa shape index (κ2) is 5.51. The molecule has 0 aliphatic carbocycles. The Morgan fingerprint density at radius 2 is 2.16 bits per heavy atom. The van der Waals surface area contributed by atoms with Gasteiger partial charge in [0.25, 0.3) is 0 Å². The SMILES string of the molecule is Cc1noc(CNC(=O)Nc2cc(C(C)C)on2)n1. The van der Waals surface area contributed by atoms with Crippen LogP contribution in [-0.2, 0) is 6.54 Å². The van der Waals surface area contributed by atoms with Gasteiger partial charge in [0.2, 0.25) is 5.89 Å². The smallest absolute Gasteiger partial charge is 0.320 e. The molecule has 8 nitrogen and oxygen atoms in total. The van der Waals surface area contributed by atoms with E-state index in [-0.39, 0.29) is 12.5 Å². The summed E-state index contributed by atoms with van der Waals surface area (Å²) in [4.78, 5) is 15.5. The molecule has 8 heteroatoms. The number of hydrogen-bond acceptors (Lipinski definition) is 6. The predicted octanol–water partition coefficient (Wildman–Crippen LogP) is 1.81. The molecule has 0 atom stereocenters. The molecule has 19 heavy (non-hydrogen) atoms. The van der Waals surface area contributed by atoms with Crippen LogP contribution in [0.15, 0.2) is 15.1 Å². The van der Waals surface area contributed by atoms with Crippen LogP contribution in [0, 0.1) is 6.92 Å². The molecule has 0 radical (unpaired) electrons. The van der Waals surface area contributed by atoms with Gasteiger partial charge < -0.3 is 14.4 Å². The lowest BCUT2D eigenvalue weighted by Gasteiger charge is -2.01. The van der Waals surface area contributed by atoms with Gasteiger partial charge in [0, 0.05) is 12.0 Å². The van der Waals surface area contributed by atoms with E-state index in [2.05, 4.69) is 25.9 Å². The monoisotopic (exact) mass is 265 g/mol. The van der Waals surface area contributed by atoms with Gasteiger partial charge >= 0.3 is 6.03 Å². The maximum absolute atomic E-state index is 11.6. The summed E-state index contributed by atoms with van der Waals surface area (Å²) in [6.07, 6.45) is 0. The van der Waals surface area contributed by atoms with Crippen molar-refractivity contribution in [3.63, 3.8) is 0 Å². The predicted molar refractivity (Wildman–Crippen MR) is 65.5 cm³/mol. The number of carbonyl (C=O) groups is 1. The van der Waals surface area contributed by atoms with Crippen LogP contribution in [-0.4, -0.2) is 21.3 Å². The molecule has 0 aliphatic rings. The van der Waals surface area contributed by atoms with Gasteiger partial charge in [-0.25, -0.2) is 4.79 Å². The Morgan fingerprint density at radius 3 is 2.74 bits per heavy atom. The molecule has 2 N–H and O–H groups in total. The molecule has 0 aromatic carbocycles. The van der Waals surface area contributed by atoms with Gasteiger partial charge in [0.05, 0.1) is 6.54 Å². The number of carbonyl (C=O) groups excluding carboxylic acids is 1. The number of aryl methyl sites for hydroxylation is 1. The van der Waals surface area contributed by atoms with Gasteiger partial charge in [-0.2, -0.15) is 4.98 Å². The number of aromatic nitrogens is 3. The Balaban J connectivity index is 1.83. The summed E-state index contributed by atoms with van der Waals surface area (Å²) in [5, 5.41) is 12.5. The Morgan fingerprint density at radius 1 is 1.37 bits per heavy atom. The highest BCUT2D eigenvalue weighted by molar-refractivity contribution is 5.88. The van der Waals surface area contributed by atoms with E-state index < -0.39 is 6.03 Å². The van der Waals surface area contributed by atoms with Crippen molar-refractivity contribution in [2.75, 3.05) is 5.32 Å². The molecular weight excluding hydrogens is 250 g/mol. The topological polar surface area (TPSA) is 106 Å². The van der Waals surface area contributed by atoms with Crippen molar-refractivity contribution in [2.24, 2.45) is 0 Å². The molecule has 2 heterocycles. The lowest BCUT2D eigenvalue weighted by atomic mass is 10.2. The molecule has 0 spiro atoms. The summed E-state index contributed by atoms with van der Waals surface area (Å²) in [5.41, 5.74) is 0. The fourth-order valence-corrected chi connectivity index (χ4v) is 1.35. The van der Waals surface area contributed by atoms with E-state index in [0.29, 0.717) is 23.3 Å². The highest BCUT2D eigenvalue weighted by atomic mass is 16.5. The normalized spacial score (nSPS) is 10.7. The first-order valence-corrected chi connectivity index (χ1v) is 5.85. The molecule has 0 aliphatic heterocycles. The molecule has 0 unspecified atom stereocenters. The molecule has 0 saturated heterocycles. The van der Waals surface area contributed by atoms with Crippen LogP contribution >= 0.6 is 0 Å². The van der Waals surface area contributed by atoms with Crippen molar-refractivity contribution in [1.29, 1.82) is 0 Å². The van der Waals surface area contributed by atoms with E-state index in [1.165, 1.54) is 0 Å². The minimum Gasteiger partial charge on any atom is -0.359 e. The number of hydrogen-bond donors (Lipinski definition) is 2. The van der Waals surface area contributed by atoms with Crippen molar-refractivity contribution in [2.45, 2.75) is 33.2 Å². The Hall–Kier alpha value is -2.38. The first-order chi connectivity index (χ1) is 9.04. The standard InChI is InChI=1S/C11H15N5O3/c1-6(2)8-4-9(16-18-8)14-11(17)12-5-10-13-7(3)15-19-10/h4,6H,5H2,1-3H3,(H2,12,14,16,17). The molecule has 2 amide bonds. The summed E-state index contributed by atoms with van der Waals surface area (Å²) < 4.78 is 9.92. The second-order valence-corrected chi connectivity index (χ2v) is 4.31. The van der Waals surface area contributed by atoms with E-state index in [1.54, 1.807) is 13.0 Å². The quantitative estimate of drug-likeness (QED) is 0.873. The first-order valence-electron chi connectivity index (χ1n) is 5.85. The number of urea groups is 1. The Kier molecular flexibility index (Phi) is 3.79. The summed E-state index contributed by atoms with van der Waals surface area (Å²) >= 11 is 0. The Labute approximate surface area is 109 Å². The van der Waals surface area contributed by atoms with Crippen LogP contribution in [0.4, 0.5) is 10.6 Å². The zero-order valence-corrected chi connectivity index (χ0v) is 10.9. The third-order valence-corrected chi connectivity index (χ3v) is 2.31. The third-order valence-electron chi connectivity index (χ3n) is 2.31. The Bertz CT molecular complexity index is 560. The van der Waals surface area contributed by atoms with Crippen LogP contribution in [0.2, 0.25) is 0 Å². The number of anilines is 1. The van der Waals surface area contributed by atoms with Crippen LogP contribution < -0.4 is 10.6 Å². The van der Waals surface area contributed by atoms with Crippen molar-refractivity contribution in [3.05, 3.63) is 23.5 Å². The highest BCUT2D eigenvalue weighted by Gasteiger charge is 2.11. The molecule has 2 rings (SSSR count). The van der Waals surface area contributed by atoms with Gasteiger partial charge in [-0.1, -0.05) is 24.2 Å². The molecule has 102 valence electrons.